The number of hydrogen-bond donors (Lipinski definition) is 0. The lowest BCUT2D eigenvalue weighted by Gasteiger charge is -2.11. The second kappa shape index (κ2) is 9.25. The predicted molar refractivity (Wildman–Crippen MR) is 110 cm³/mol. The first-order valence-corrected chi connectivity index (χ1v) is 9.88. The van der Waals surface area contributed by atoms with Gasteiger partial charge in [0.15, 0.2) is 5.16 Å². The van der Waals surface area contributed by atoms with E-state index in [1.165, 1.54) is 11.8 Å². The number of methoxy groups -OCH3 is 1. The molecule has 0 unspecified atom stereocenters. The van der Waals surface area contributed by atoms with Crippen molar-refractivity contribution >= 4 is 11.8 Å². The smallest absolute Gasteiger partial charge is 0.223 e. The minimum absolute atomic E-state index is 0.252. The molecule has 2 aromatic carbocycles. The molecule has 6 heteroatoms. The number of nitriles is 1. The van der Waals surface area contributed by atoms with E-state index in [1.807, 2.05) is 48.5 Å². The van der Waals surface area contributed by atoms with Gasteiger partial charge >= 0.3 is 0 Å². The summed E-state index contributed by atoms with van der Waals surface area (Å²) in [5, 5.41) is 9.70. The Morgan fingerprint density at radius 2 is 1.79 bits per heavy atom. The summed E-state index contributed by atoms with van der Waals surface area (Å²) >= 11 is 1.52. The third kappa shape index (κ3) is 5.24. The van der Waals surface area contributed by atoms with Gasteiger partial charge in [0.25, 0.3) is 0 Å². The molecule has 0 radical (unpaired) electrons. The van der Waals surface area contributed by atoms with E-state index in [0.717, 1.165) is 17.0 Å². The van der Waals surface area contributed by atoms with Gasteiger partial charge in [-0.3, -0.25) is 0 Å². The fraction of sp³-hybridized carbons (Fsp3) is 0.227. The van der Waals surface area contributed by atoms with Gasteiger partial charge in [0, 0.05) is 11.8 Å². The van der Waals surface area contributed by atoms with E-state index in [9.17, 15) is 0 Å². The third-order valence-corrected chi connectivity index (χ3v) is 4.92. The van der Waals surface area contributed by atoms with Crippen LogP contribution in [0, 0.1) is 11.3 Å². The Balaban J connectivity index is 1.79. The molecule has 0 aliphatic carbocycles. The molecule has 0 atom stereocenters. The molecule has 0 spiro atoms. The lowest BCUT2D eigenvalue weighted by Crippen LogP contribution is -2.00. The third-order valence-electron chi connectivity index (χ3n) is 4.00. The average molecular weight is 391 g/mol. The summed E-state index contributed by atoms with van der Waals surface area (Å²) in [6.07, 6.45) is 0. The van der Waals surface area contributed by atoms with Crippen LogP contribution >= 0.6 is 11.8 Å². The first kappa shape index (κ1) is 19.7. The number of aromatic nitrogens is 2. The molecule has 1 heterocycles. The van der Waals surface area contributed by atoms with E-state index in [-0.39, 0.29) is 5.92 Å². The van der Waals surface area contributed by atoms with Crippen LogP contribution in [-0.2, 0) is 5.75 Å². The minimum atomic E-state index is 0.252. The Kier molecular flexibility index (Phi) is 6.51. The van der Waals surface area contributed by atoms with Crippen LogP contribution in [0.15, 0.2) is 59.8 Å². The number of nitrogens with zero attached hydrogens (tertiary/aromatic N) is 3. The molecule has 3 rings (SSSR count). The van der Waals surface area contributed by atoms with Crippen molar-refractivity contribution in [3.05, 3.63) is 71.4 Å². The van der Waals surface area contributed by atoms with Crippen molar-refractivity contribution in [2.45, 2.75) is 30.7 Å². The molecule has 0 bridgehead atoms. The van der Waals surface area contributed by atoms with Crippen LogP contribution in [0.4, 0.5) is 0 Å². The van der Waals surface area contributed by atoms with Crippen LogP contribution in [0.2, 0.25) is 0 Å². The van der Waals surface area contributed by atoms with E-state index in [2.05, 4.69) is 29.9 Å². The standard InChI is InChI=1S/C22H21N3O2S/c1-15(2)20-12-21(27-19-9-7-18(26-3)8-10-19)25-22(24-20)28-14-17-6-4-5-16(11-17)13-23/h4-12,15H,14H2,1-3H3. The Morgan fingerprint density at radius 3 is 2.46 bits per heavy atom. The first-order chi connectivity index (χ1) is 13.6. The molecular formula is C22H21N3O2S. The molecule has 0 saturated heterocycles. The van der Waals surface area contributed by atoms with Gasteiger partial charge in [0.1, 0.15) is 11.5 Å². The maximum Gasteiger partial charge on any atom is 0.223 e. The van der Waals surface area contributed by atoms with Gasteiger partial charge in [-0.1, -0.05) is 37.7 Å². The van der Waals surface area contributed by atoms with Crippen LogP contribution in [0.3, 0.4) is 0 Å². The molecule has 1 aromatic heterocycles. The molecular weight excluding hydrogens is 370 g/mol. The van der Waals surface area contributed by atoms with Crippen LogP contribution in [0.25, 0.3) is 0 Å². The molecule has 0 saturated carbocycles. The minimum Gasteiger partial charge on any atom is -0.497 e. The number of benzene rings is 2. The average Bonchev–Trinajstić information content (AvgIpc) is 2.73. The van der Waals surface area contributed by atoms with E-state index in [4.69, 9.17) is 14.7 Å². The van der Waals surface area contributed by atoms with E-state index >= 15 is 0 Å². The zero-order valence-corrected chi connectivity index (χ0v) is 16.9. The van der Waals surface area contributed by atoms with Crippen molar-refractivity contribution in [1.82, 2.24) is 9.97 Å². The van der Waals surface area contributed by atoms with Gasteiger partial charge in [0.05, 0.1) is 24.4 Å². The molecule has 0 amide bonds. The van der Waals surface area contributed by atoms with Gasteiger partial charge in [0.2, 0.25) is 5.88 Å². The summed E-state index contributed by atoms with van der Waals surface area (Å²) in [4.78, 5) is 9.19. The fourth-order valence-electron chi connectivity index (χ4n) is 2.48. The Hall–Kier alpha value is -3.04. The summed E-state index contributed by atoms with van der Waals surface area (Å²) < 4.78 is 11.1. The van der Waals surface area contributed by atoms with E-state index < -0.39 is 0 Å². The van der Waals surface area contributed by atoms with Crippen molar-refractivity contribution in [1.29, 1.82) is 5.26 Å². The second-order valence-electron chi connectivity index (χ2n) is 6.45. The molecule has 5 nitrogen and oxygen atoms in total. The Morgan fingerprint density at radius 1 is 1.04 bits per heavy atom. The van der Waals surface area contributed by atoms with Crippen molar-refractivity contribution < 1.29 is 9.47 Å². The van der Waals surface area contributed by atoms with Gasteiger partial charge in [-0.05, 0) is 47.9 Å². The quantitative estimate of drug-likeness (QED) is 0.388. The monoisotopic (exact) mass is 391 g/mol. The van der Waals surface area contributed by atoms with Crippen LogP contribution in [0.1, 0.15) is 36.6 Å². The summed E-state index contributed by atoms with van der Waals surface area (Å²) in [5.74, 6) is 2.90. The summed E-state index contributed by atoms with van der Waals surface area (Å²) in [6.45, 7) is 4.18. The highest BCUT2D eigenvalue weighted by Gasteiger charge is 2.11. The Labute approximate surface area is 169 Å². The number of thioether (sulfide) groups is 1. The summed E-state index contributed by atoms with van der Waals surface area (Å²) in [5.41, 5.74) is 2.63. The van der Waals surface area contributed by atoms with E-state index in [0.29, 0.717) is 28.1 Å². The van der Waals surface area contributed by atoms with Crippen LogP contribution in [0.5, 0.6) is 17.4 Å². The summed E-state index contributed by atoms with van der Waals surface area (Å²) in [6, 6.07) is 19.0. The first-order valence-electron chi connectivity index (χ1n) is 8.90. The maximum atomic E-state index is 9.05. The number of rotatable bonds is 7. The normalized spacial score (nSPS) is 10.5. The molecule has 0 N–H and O–H groups in total. The molecule has 28 heavy (non-hydrogen) atoms. The largest absolute Gasteiger partial charge is 0.497 e. The maximum absolute atomic E-state index is 9.05. The fourth-order valence-corrected chi connectivity index (χ4v) is 3.28. The number of ether oxygens (including phenoxy) is 2. The Bertz CT molecular complexity index is 982. The van der Waals surface area contributed by atoms with Gasteiger partial charge in [-0.25, -0.2) is 4.98 Å². The lowest BCUT2D eigenvalue weighted by molar-refractivity contribution is 0.411. The van der Waals surface area contributed by atoms with Crippen molar-refractivity contribution in [3.8, 4) is 23.4 Å². The SMILES string of the molecule is COc1ccc(Oc2cc(C(C)C)nc(SCc3cccc(C#N)c3)n2)cc1. The molecule has 0 aliphatic rings. The molecule has 0 aliphatic heterocycles. The zero-order valence-electron chi connectivity index (χ0n) is 16.0. The van der Waals surface area contributed by atoms with Crippen molar-refractivity contribution in [2.24, 2.45) is 0 Å². The van der Waals surface area contributed by atoms with Gasteiger partial charge < -0.3 is 9.47 Å². The molecule has 3 aromatic rings. The van der Waals surface area contributed by atoms with Crippen LogP contribution in [-0.4, -0.2) is 17.1 Å². The van der Waals surface area contributed by atoms with Gasteiger partial charge in [-0.2, -0.15) is 10.2 Å². The highest BCUT2D eigenvalue weighted by Crippen LogP contribution is 2.28. The van der Waals surface area contributed by atoms with Gasteiger partial charge in [-0.15, -0.1) is 0 Å². The second-order valence-corrected chi connectivity index (χ2v) is 7.39. The predicted octanol–water partition coefficient (Wildman–Crippen LogP) is 5.56. The zero-order chi connectivity index (χ0) is 19.9. The van der Waals surface area contributed by atoms with E-state index in [1.54, 1.807) is 13.2 Å². The molecule has 0 fully saturated rings. The van der Waals surface area contributed by atoms with Crippen molar-refractivity contribution in [3.63, 3.8) is 0 Å². The van der Waals surface area contributed by atoms with Crippen molar-refractivity contribution in [2.75, 3.05) is 7.11 Å². The number of hydrogen-bond acceptors (Lipinski definition) is 6. The lowest BCUT2D eigenvalue weighted by atomic mass is 10.1. The summed E-state index contributed by atoms with van der Waals surface area (Å²) in [7, 11) is 1.63. The highest BCUT2D eigenvalue weighted by atomic mass is 32.2. The van der Waals surface area contributed by atoms with Crippen LogP contribution < -0.4 is 9.47 Å². The highest BCUT2D eigenvalue weighted by molar-refractivity contribution is 7.98. The topological polar surface area (TPSA) is 68.0 Å². The molecule has 142 valence electrons.